The average Bonchev–Trinajstić information content (AvgIpc) is 2.80. The summed E-state index contributed by atoms with van der Waals surface area (Å²) in [5.41, 5.74) is 7.87. The molecule has 2 N–H and O–H groups in total. The fourth-order valence-corrected chi connectivity index (χ4v) is 3.53. The monoisotopic (exact) mass is 360 g/mol. The fourth-order valence-electron chi connectivity index (χ4n) is 2.65. The Labute approximate surface area is 121 Å². The summed E-state index contributed by atoms with van der Waals surface area (Å²) in [6.07, 6.45) is 1.88. The molecule has 0 radical (unpaired) electrons. The molecule has 0 aliphatic carbocycles. The minimum Gasteiger partial charge on any atom is -0.399 e. The maximum Gasteiger partial charge on any atom is 0.171 e. The van der Waals surface area contributed by atoms with E-state index in [0.29, 0.717) is 0 Å². The second kappa shape index (κ2) is 4.86. The molecule has 2 heterocycles. The van der Waals surface area contributed by atoms with Crippen LogP contribution in [0.3, 0.4) is 0 Å². The summed E-state index contributed by atoms with van der Waals surface area (Å²) >= 11 is 2.34. The molecular formula is C13H17IN2O2. The molecule has 98 valence electrons. The summed E-state index contributed by atoms with van der Waals surface area (Å²) in [6.45, 7) is 3.42. The summed E-state index contributed by atoms with van der Waals surface area (Å²) < 4.78 is 12.7. The van der Waals surface area contributed by atoms with Crippen LogP contribution < -0.4 is 10.6 Å². The summed E-state index contributed by atoms with van der Waals surface area (Å²) in [6, 6.07) is 6.08. The largest absolute Gasteiger partial charge is 0.399 e. The van der Waals surface area contributed by atoms with Crippen molar-refractivity contribution in [3.05, 3.63) is 21.8 Å². The molecule has 2 aliphatic heterocycles. The van der Waals surface area contributed by atoms with Crippen LogP contribution >= 0.6 is 22.6 Å². The van der Waals surface area contributed by atoms with Crippen molar-refractivity contribution >= 4 is 34.0 Å². The number of hydrogen-bond acceptors (Lipinski definition) is 4. The molecule has 0 aromatic heterocycles. The quantitative estimate of drug-likeness (QED) is 0.616. The fraction of sp³-hybridized carbons (Fsp3) is 0.538. The van der Waals surface area contributed by atoms with E-state index in [4.69, 9.17) is 15.2 Å². The first-order chi connectivity index (χ1) is 8.69. The number of nitrogens with zero attached hydrogens (tertiary/aromatic N) is 1. The van der Waals surface area contributed by atoms with Crippen LogP contribution in [-0.4, -0.2) is 32.1 Å². The molecule has 1 aromatic rings. The van der Waals surface area contributed by atoms with Gasteiger partial charge >= 0.3 is 0 Å². The smallest absolute Gasteiger partial charge is 0.171 e. The maximum atomic E-state index is 5.79. The number of piperidine rings is 1. The first-order valence-electron chi connectivity index (χ1n) is 6.26. The van der Waals surface area contributed by atoms with Gasteiger partial charge in [0.25, 0.3) is 0 Å². The Balaban J connectivity index is 1.72. The average molecular weight is 360 g/mol. The molecule has 0 saturated carbocycles. The van der Waals surface area contributed by atoms with Crippen molar-refractivity contribution in [2.75, 3.05) is 36.9 Å². The SMILES string of the molecule is Nc1ccc(N2CCC3(CC2)OCCO3)c(I)c1. The molecular weight excluding hydrogens is 343 g/mol. The van der Waals surface area contributed by atoms with Crippen LogP contribution in [0.4, 0.5) is 11.4 Å². The molecule has 0 bridgehead atoms. The van der Waals surface area contributed by atoms with Gasteiger partial charge in [0.1, 0.15) is 0 Å². The molecule has 1 spiro atoms. The lowest BCUT2D eigenvalue weighted by atomic mass is 10.0. The van der Waals surface area contributed by atoms with Gasteiger partial charge in [-0.05, 0) is 40.8 Å². The number of nitrogens with two attached hydrogens (primary N) is 1. The van der Waals surface area contributed by atoms with Gasteiger partial charge in [0.2, 0.25) is 0 Å². The standard InChI is InChI=1S/C13H17IN2O2/c14-11-9-10(15)1-2-12(11)16-5-3-13(4-6-16)17-7-8-18-13/h1-2,9H,3-8,15H2. The van der Waals surface area contributed by atoms with Crippen LogP contribution in [0.15, 0.2) is 18.2 Å². The highest BCUT2D eigenvalue weighted by molar-refractivity contribution is 14.1. The van der Waals surface area contributed by atoms with Crippen molar-refractivity contribution < 1.29 is 9.47 Å². The van der Waals surface area contributed by atoms with Crippen molar-refractivity contribution in [3.63, 3.8) is 0 Å². The number of benzene rings is 1. The van der Waals surface area contributed by atoms with Gasteiger partial charge in [-0.3, -0.25) is 0 Å². The third-order valence-corrected chi connectivity index (χ3v) is 4.52. The van der Waals surface area contributed by atoms with Crippen molar-refractivity contribution in [3.8, 4) is 0 Å². The van der Waals surface area contributed by atoms with Gasteiger partial charge in [-0.25, -0.2) is 0 Å². The maximum absolute atomic E-state index is 5.79. The van der Waals surface area contributed by atoms with Gasteiger partial charge < -0.3 is 20.1 Å². The van der Waals surface area contributed by atoms with Gasteiger partial charge in [0.05, 0.1) is 18.9 Å². The lowest BCUT2D eigenvalue weighted by Gasteiger charge is -2.39. The zero-order valence-corrected chi connectivity index (χ0v) is 12.4. The Hall–Kier alpha value is -0.530. The van der Waals surface area contributed by atoms with Crippen LogP contribution in [0.2, 0.25) is 0 Å². The first-order valence-corrected chi connectivity index (χ1v) is 7.34. The van der Waals surface area contributed by atoms with Gasteiger partial charge in [-0.1, -0.05) is 0 Å². The molecule has 3 rings (SSSR count). The van der Waals surface area contributed by atoms with E-state index >= 15 is 0 Å². The number of halogens is 1. The van der Waals surface area contributed by atoms with Gasteiger partial charge in [0, 0.05) is 35.2 Å². The third-order valence-electron chi connectivity index (χ3n) is 3.65. The lowest BCUT2D eigenvalue weighted by Crippen LogP contribution is -2.45. The van der Waals surface area contributed by atoms with Crippen molar-refractivity contribution in [1.29, 1.82) is 0 Å². The minimum absolute atomic E-state index is 0.296. The number of ether oxygens (including phenoxy) is 2. The Morgan fingerprint density at radius 2 is 1.83 bits per heavy atom. The molecule has 2 aliphatic rings. The second-order valence-electron chi connectivity index (χ2n) is 4.81. The zero-order valence-electron chi connectivity index (χ0n) is 10.2. The Kier molecular flexibility index (Phi) is 3.38. The van der Waals surface area contributed by atoms with Crippen molar-refractivity contribution in [1.82, 2.24) is 0 Å². The van der Waals surface area contributed by atoms with Crippen LogP contribution in [0.25, 0.3) is 0 Å². The van der Waals surface area contributed by atoms with Gasteiger partial charge in [-0.15, -0.1) is 0 Å². The van der Waals surface area contributed by atoms with Crippen molar-refractivity contribution in [2.24, 2.45) is 0 Å². The predicted molar refractivity (Wildman–Crippen MR) is 79.7 cm³/mol. The molecule has 18 heavy (non-hydrogen) atoms. The summed E-state index contributed by atoms with van der Waals surface area (Å²) in [7, 11) is 0. The molecule has 2 saturated heterocycles. The number of rotatable bonds is 1. The molecule has 1 aromatic carbocycles. The van der Waals surface area contributed by atoms with E-state index in [2.05, 4.69) is 33.6 Å². The predicted octanol–water partition coefficient (Wildman–Crippen LogP) is 2.22. The summed E-state index contributed by atoms with van der Waals surface area (Å²) in [4.78, 5) is 2.39. The Bertz CT molecular complexity index is 437. The molecule has 0 unspecified atom stereocenters. The van der Waals surface area contributed by atoms with Crippen LogP contribution in [0.5, 0.6) is 0 Å². The highest BCUT2D eigenvalue weighted by atomic mass is 127. The van der Waals surface area contributed by atoms with E-state index in [1.54, 1.807) is 0 Å². The molecule has 5 heteroatoms. The lowest BCUT2D eigenvalue weighted by molar-refractivity contribution is -0.169. The van der Waals surface area contributed by atoms with Crippen LogP contribution in [0, 0.1) is 3.57 Å². The Morgan fingerprint density at radius 3 is 2.44 bits per heavy atom. The van der Waals surface area contributed by atoms with Crippen molar-refractivity contribution in [2.45, 2.75) is 18.6 Å². The van der Waals surface area contributed by atoms with Gasteiger partial charge in [0.15, 0.2) is 5.79 Å². The Morgan fingerprint density at radius 1 is 1.17 bits per heavy atom. The van der Waals surface area contributed by atoms with Gasteiger partial charge in [-0.2, -0.15) is 0 Å². The van der Waals surface area contributed by atoms with Crippen LogP contribution in [0.1, 0.15) is 12.8 Å². The molecule has 0 amide bonds. The van der Waals surface area contributed by atoms with Crippen LogP contribution in [-0.2, 0) is 9.47 Å². The minimum atomic E-state index is -0.296. The number of nitrogen functional groups attached to an aromatic ring is 1. The van der Waals surface area contributed by atoms with E-state index in [-0.39, 0.29) is 5.79 Å². The van der Waals surface area contributed by atoms with E-state index in [0.717, 1.165) is 44.8 Å². The third kappa shape index (κ3) is 2.31. The summed E-state index contributed by atoms with van der Waals surface area (Å²) in [5, 5.41) is 0. The topological polar surface area (TPSA) is 47.7 Å². The van der Waals surface area contributed by atoms with E-state index in [1.165, 1.54) is 9.26 Å². The zero-order chi connectivity index (χ0) is 12.6. The molecule has 0 atom stereocenters. The number of hydrogen-bond donors (Lipinski definition) is 1. The second-order valence-corrected chi connectivity index (χ2v) is 5.97. The van der Waals surface area contributed by atoms with E-state index in [1.807, 2.05) is 12.1 Å². The summed E-state index contributed by atoms with van der Waals surface area (Å²) in [5.74, 6) is -0.296. The van der Waals surface area contributed by atoms with E-state index < -0.39 is 0 Å². The highest BCUT2D eigenvalue weighted by Crippen LogP contribution is 2.34. The highest BCUT2D eigenvalue weighted by Gasteiger charge is 2.39. The van der Waals surface area contributed by atoms with E-state index in [9.17, 15) is 0 Å². The molecule has 2 fully saturated rings. The first kappa shape index (κ1) is 12.5. The number of anilines is 2. The molecule has 4 nitrogen and oxygen atoms in total. The normalized spacial score (nSPS) is 22.6.